The van der Waals surface area contributed by atoms with Crippen molar-refractivity contribution in [2.45, 2.75) is 77.0 Å². The van der Waals surface area contributed by atoms with Crippen LogP contribution in [0, 0.1) is 11.8 Å². The number of nitrogens with two attached hydrogens (primary N) is 1. The van der Waals surface area contributed by atoms with Crippen molar-refractivity contribution in [1.82, 2.24) is 5.32 Å². The topological polar surface area (TPSA) is 103 Å². The Labute approximate surface area is 193 Å². The van der Waals surface area contributed by atoms with Gasteiger partial charge in [0.05, 0.1) is 19.8 Å². The molecule has 2 rings (SSSR count). The van der Waals surface area contributed by atoms with Gasteiger partial charge in [-0.25, -0.2) is 0 Å². The highest BCUT2D eigenvalue weighted by Crippen LogP contribution is 2.40. The summed E-state index contributed by atoms with van der Waals surface area (Å²) in [5.74, 6) is 2.12. The lowest BCUT2D eigenvalue weighted by Gasteiger charge is -2.29. The van der Waals surface area contributed by atoms with Crippen molar-refractivity contribution < 1.29 is 24.1 Å². The number of rotatable bonds is 15. The minimum Gasteiger partial charge on any atom is -0.493 e. The summed E-state index contributed by atoms with van der Waals surface area (Å²) in [6, 6.07) is 5.71. The van der Waals surface area contributed by atoms with Gasteiger partial charge in [0.15, 0.2) is 11.5 Å². The number of hydrogen-bond acceptors (Lipinski definition) is 6. The van der Waals surface area contributed by atoms with Crippen molar-refractivity contribution >= 4 is 5.91 Å². The molecule has 7 heteroatoms. The third-order valence-corrected chi connectivity index (χ3v) is 6.38. The molecule has 1 fully saturated rings. The van der Waals surface area contributed by atoms with E-state index in [1.54, 1.807) is 14.2 Å². The summed E-state index contributed by atoms with van der Waals surface area (Å²) in [7, 11) is 3.32. The third-order valence-electron chi connectivity index (χ3n) is 6.38. The Morgan fingerprint density at radius 3 is 2.50 bits per heavy atom. The van der Waals surface area contributed by atoms with Crippen LogP contribution in [0.4, 0.5) is 0 Å². The smallest absolute Gasteiger partial charge is 0.217 e. The second-order valence-corrected chi connectivity index (χ2v) is 9.52. The van der Waals surface area contributed by atoms with Gasteiger partial charge in [-0.05, 0) is 61.6 Å². The molecule has 1 amide bonds. The zero-order valence-corrected chi connectivity index (χ0v) is 20.4. The van der Waals surface area contributed by atoms with E-state index in [-0.39, 0.29) is 17.5 Å². The lowest BCUT2D eigenvalue weighted by Crippen LogP contribution is -2.44. The highest BCUT2D eigenvalue weighted by Gasteiger charge is 2.45. The zero-order chi connectivity index (χ0) is 23.7. The number of carbonyl (C=O) groups excluding carboxylic acids is 1. The zero-order valence-electron chi connectivity index (χ0n) is 20.4. The van der Waals surface area contributed by atoms with Gasteiger partial charge in [0, 0.05) is 38.6 Å². The van der Waals surface area contributed by atoms with Crippen molar-refractivity contribution in [1.29, 1.82) is 0 Å². The molecule has 0 radical (unpaired) electrons. The van der Waals surface area contributed by atoms with Crippen LogP contribution in [0.25, 0.3) is 0 Å². The van der Waals surface area contributed by atoms with Gasteiger partial charge in [-0.2, -0.15) is 0 Å². The molecule has 32 heavy (non-hydrogen) atoms. The molecule has 7 nitrogen and oxygen atoms in total. The number of nitrogens with one attached hydrogen (secondary N) is 1. The molecule has 4 N–H and O–H groups in total. The fourth-order valence-electron chi connectivity index (χ4n) is 4.20. The molecule has 1 aliphatic carbocycles. The fourth-order valence-corrected chi connectivity index (χ4v) is 4.20. The van der Waals surface area contributed by atoms with E-state index in [1.165, 1.54) is 6.92 Å². The largest absolute Gasteiger partial charge is 0.493 e. The first-order valence-electron chi connectivity index (χ1n) is 11.7. The van der Waals surface area contributed by atoms with E-state index in [9.17, 15) is 9.90 Å². The third kappa shape index (κ3) is 8.26. The second-order valence-electron chi connectivity index (χ2n) is 9.52. The molecule has 0 bridgehead atoms. The number of carbonyl (C=O) groups is 1. The molecule has 3 atom stereocenters. The summed E-state index contributed by atoms with van der Waals surface area (Å²) in [4.78, 5) is 11.4. The van der Waals surface area contributed by atoms with Gasteiger partial charge in [0.25, 0.3) is 0 Å². The first-order chi connectivity index (χ1) is 15.2. The molecule has 0 unspecified atom stereocenters. The van der Waals surface area contributed by atoms with Crippen LogP contribution in [-0.2, 0) is 16.0 Å². The molecule has 1 saturated carbocycles. The second kappa shape index (κ2) is 12.4. The Bertz CT molecular complexity index is 720. The van der Waals surface area contributed by atoms with E-state index in [1.807, 2.05) is 12.1 Å². The molecular weight excluding hydrogens is 408 g/mol. The van der Waals surface area contributed by atoms with Crippen molar-refractivity contribution in [3.8, 4) is 11.5 Å². The molecule has 0 saturated heterocycles. The lowest BCUT2D eigenvalue weighted by molar-refractivity contribution is -0.120. The maximum Gasteiger partial charge on any atom is 0.217 e. The first kappa shape index (κ1) is 26.4. The number of amides is 1. The standard InChI is InChI=1S/C25H42N2O5/c1-17(2)20(15-21(26)22(29)16-25(9-10-25)27-18(3)28)13-19-7-8-23(31-5)24(14-19)32-12-6-11-30-4/h7-8,14,17,20-22,29H,6,9-13,15-16,26H2,1-5H3,(H,27,28)/t20-,21-,22-/m0/s1. The number of aliphatic hydroxyl groups excluding tert-OH is 1. The number of methoxy groups -OCH3 is 2. The summed E-state index contributed by atoms with van der Waals surface area (Å²) >= 11 is 0. The van der Waals surface area contributed by atoms with Crippen LogP contribution in [0.5, 0.6) is 11.5 Å². The summed E-state index contributed by atoms with van der Waals surface area (Å²) in [6.07, 6.45) is 4.05. The highest BCUT2D eigenvalue weighted by atomic mass is 16.5. The van der Waals surface area contributed by atoms with Crippen LogP contribution < -0.4 is 20.5 Å². The molecule has 182 valence electrons. The fraction of sp³-hybridized carbons (Fsp3) is 0.720. The van der Waals surface area contributed by atoms with Gasteiger partial charge in [0.1, 0.15) is 0 Å². The van der Waals surface area contributed by atoms with E-state index < -0.39 is 6.10 Å². The average Bonchev–Trinajstić information content (AvgIpc) is 3.48. The van der Waals surface area contributed by atoms with Crippen molar-refractivity contribution in [2.75, 3.05) is 27.4 Å². The molecule has 1 aromatic rings. The van der Waals surface area contributed by atoms with Crippen molar-refractivity contribution in [3.63, 3.8) is 0 Å². The Morgan fingerprint density at radius 2 is 1.94 bits per heavy atom. The van der Waals surface area contributed by atoms with E-state index in [0.717, 1.165) is 37.0 Å². The van der Waals surface area contributed by atoms with Crippen LogP contribution in [0.15, 0.2) is 18.2 Å². The molecule has 0 heterocycles. The van der Waals surface area contributed by atoms with Crippen LogP contribution in [-0.4, -0.2) is 56.1 Å². The predicted molar refractivity (Wildman–Crippen MR) is 126 cm³/mol. The number of aliphatic hydroxyl groups is 1. The molecule has 0 spiro atoms. The monoisotopic (exact) mass is 450 g/mol. The normalized spacial score (nSPS) is 17.5. The van der Waals surface area contributed by atoms with E-state index >= 15 is 0 Å². The summed E-state index contributed by atoms with van der Waals surface area (Å²) < 4.78 is 16.5. The molecule has 0 aromatic heterocycles. The predicted octanol–water partition coefficient (Wildman–Crippen LogP) is 3.06. The molecule has 0 aliphatic heterocycles. The van der Waals surface area contributed by atoms with Gasteiger partial charge >= 0.3 is 0 Å². The van der Waals surface area contributed by atoms with Crippen LogP contribution in [0.3, 0.4) is 0 Å². The van der Waals surface area contributed by atoms with Gasteiger partial charge in [-0.3, -0.25) is 4.79 Å². The SMILES string of the molecule is COCCCOc1cc(C[C@@H](C[C@H](N)[C@@H](O)CC2(NC(C)=O)CC2)C(C)C)ccc1OC. The van der Waals surface area contributed by atoms with Gasteiger partial charge in [-0.1, -0.05) is 19.9 Å². The minimum atomic E-state index is -0.638. The van der Waals surface area contributed by atoms with Crippen LogP contribution in [0.1, 0.15) is 58.4 Å². The van der Waals surface area contributed by atoms with E-state index in [2.05, 4.69) is 25.2 Å². The molecule has 1 aromatic carbocycles. The number of hydrogen-bond donors (Lipinski definition) is 3. The van der Waals surface area contributed by atoms with Crippen molar-refractivity contribution in [2.24, 2.45) is 17.6 Å². The Balaban J connectivity index is 1.99. The van der Waals surface area contributed by atoms with Crippen molar-refractivity contribution in [3.05, 3.63) is 23.8 Å². The maximum absolute atomic E-state index is 11.4. The summed E-state index contributed by atoms with van der Waals surface area (Å²) in [6.45, 7) is 7.12. The van der Waals surface area contributed by atoms with E-state index in [4.69, 9.17) is 19.9 Å². The maximum atomic E-state index is 11.4. The number of ether oxygens (including phenoxy) is 3. The highest BCUT2D eigenvalue weighted by molar-refractivity contribution is 5.74. The van der Waals surface area contributed by atoms with Gasteiger partial charge < -0.3 is 30.4 Å². The van der Waals surface area contributed by atoms with Gasteiger partial charge in [0.2, 0.25) is 5.91 Å². The average molecular weight is 451 g/mol. The molecular formula is C25H42N2O5. The minimum absolute atomic E-state index is 0.0527. The van der Waals surface area contributed by atoms with E-state index in [0.29, 0.717) is 43.6 Å². The Morgan fingerprint density at radius 1 is 1.22 bits per heavy atom. The first-order valence-corrected chi connectivity index (χ1v) is 11.7. The van der Waals surface area contributed by atoms with Crippen LogP contribution >= 0.6 is 0 Å². The Kier molecular flexibility index (Phi) is 10.3. The number of benzene rings is 1. The van der Waals surface area contributed by atoms with Crippen LogP contribution in [0.2, 0.25) is 0 Å². The Hall–Kier alpha value is -1.83. The summed E-state index contributed by atoms with van der Waals surface area (Å²) in [5.41, 5.74) is 7.32. The quantitative estimate of drug-likeness (QED) is 0.355. The van der Waals surface area contributed by atoms with Gasteiger partial charge in [-0.15, -0.1) is 0 Å². The summed E-state index contributed by atoms with van der Waals surface area (Å²) in [5, 5.41) is 13.7. The molecule has 1 aliphatic rings. The lowest BCUT2D eigenvalue weighted by atomic mass is 9.82.